The van der Waals surface area contributed by atoms with Crippen LogP contribution in [-0.4, -0.2) is 46.8 Å². The molecule has 0 bridgehead atoms. The van der Waals surface area contributed by atoms with Crippen molar-refractivity contribution < 1.29 is 27.1 Å². The number of methoxy groups -OCH3 is 1. The van der Waals surface area contributed by atoms with E-state index < -0.39 is 21.8 Å². The van der Waals surface area contributed by atoms with Gasteiger partial charge in [-0.05, 0) is 50.2 Å². The van der Waals surface area contributed by atoms with E-state index in [2.05, 4.69) is 9.46 Å². The van der Waals surface area contributed by atoms with Crippen molar-refractivity contribution >= 4 is 27.4 Å². The molecule has 1 aliphatic heterocycles. The molecule has 7 nitrogen and oxygen atoms in total. The molecule has 9 heteroatoms. The molecular weight excluding hydrogens is 399 g/mol. The van der Waals surface area contributed by atoms with Crippen LogP contribution in [0.3, 0.4) is 0 Å². The van der Waals surface area contributed by atoms with Crippen molar-refractivity contribution in [2.45, 2.75) is 31.0 Å². The van der Waals surface area contributed by atoms with Gasteiger partial charge >= 0.3 is 5.97 Å². The highest BCUT2D eigenvalue weighted by molar-refractivity contribution is 7.92. The largest absolute Gasteiger partial charge is 0.465 e. The van der Waals surface area contributed by atoms with Crippen LogP contribution in [0.4, 0.5) is 15.8 Å². The molecule has 2 aromatic rings. The second-order valence-corrected chi connectivity index (χ2v) is 8.63. The number of carbonyl (C=O) groups excluding carboxylic acids is 1. The SMILES string of the molecule is COC(=O)c1ccc(S(=O)(=O)Nc2ccc(N3CC(C)OC(C)C3)c(F)c2)cc1. The minimum absolute atomic E-state index is 0.0238. The molecule has 0 radical (unpaired) electrons. The van der Waals surface area contributed by atoms with Crippen LogP contribution in [0.2, 0.25) is 0 Å². The molecule has 29 heavy (non-hydrogen) atoms. The van der Waals surface area contributed by atoms with E-state index in [1.54, 1.807) is 6.07 Å². The number of morpholine rings is 1. The number of carbonyl (C=O) groups is 1. The Morgan fingerprint density at radius 1 is 1.14 bits per heavy atom. The zero-order valence-electron chi connectivity index (χ0n) is 16.4. The zero-order valence-corrected chi connectivity index (χ0v) is 17.2. The summed E-state index contributed by atoms with van der Waals surface area (Å²) in [4.78, 5) is 13.3. The molecule has 2 unspecified atom stereocenters. The maximum absolute atomic E-state index is 14.7. The lowest BCUT2D eigenvalue weighted by Crippen LogP contribution is -2.45. The number of sulfonamides is 1. The molecule has 2 atom stereocenters. The van der Waals surface area contributed by atoms with Gasteiger partial charge in [-0.1, -0.05) is 0 Å². The molecule has 1 saturated heterocycles. The first-order chi connectivity index (χ1) is 13.7. The van der Waals surface area contributed by atoms with E-state index in [-0.39, 0.29) is 28.4 Å². The molecule has 0 aromatic heterocycles. The Balaban J connectivity index is 1.77. The fourth-order valence-corrected chi connectivity index (χ4v) is 4.35. The molecule has 2 aromatic carbocycles. The molecule has 1 heterocycles. The highest BCUT2D eigenvalue weighted by Crippen LogP contribution is 2.27. The maximum atomic E-state index is 14.7. The predicted molar refractivity (Wildman–Crippen MR) is 107 cm³/mol. The number of anilines is 2. The highest BCUT2D eigenvalue weighted by atomic mass is 32.2. The van der Waals surface area contributed by atoms with Crippen molar-refractivity contribution in [1.29, 1.82) is 0 Å². The van der Waals surface area contributed by atoms with Crippen LogP contribution in [0.25, 0.3) is 0 Å². The van der Waals surface area contributed by atoms with Gasteiger partial charge in [0.05, 0.1) is 41.2 Å². The van der Waals surface area contributed by atoms with Gasteiger partial charge in [0, 0.05) is 19.2 Å². The lowest BCUT2D eigenvalue weighted by molar-refractivity contribution is -0.00539. The van der Waals surface area contributed by atoms with Gasteiger partial charge in [0.2, 0.25) is 0 Å². The molecule has 1 N–H and O–H groups in total. The number of esters is 1. The van der Waals surface area contributed by atoms with Crippen LogP contribution < -0.4 is 9.62 Å². The summed E-state index contributed by atoms with van der Waals surface area (Å²) in [5.74, 6) is -1.08. The predicted octanol–water partition coefficient (Wildman–Crippen LogP) is 3.03. The van der Waals surface area contributed by atoms with Gasteiger partial charge in [0.25, 0.3) is 10.0 Å². The Kier molecular flexibility index (Phi) is 6.09. The van der Waals surface area contributed by atoms with Crippen LogP contribution >= 0.6 is 0 Å². The summed E-state index contributed by atoms with van der Waals surface area (Å²) in [6, 6.07) is 9.50. The summed E-state index contributed by atoms with van der Waals surface area (Å²) >= 11 is 0. The van der Waals surface area contributed by atoms with Gasteiger partial charge in [-0.2, -0.15) is 0 Å². The molecule has 1 aliphatic rings. The minimum Gasteiger partial charge on any atom is -0.465 e. The van der Waals surface area contributed by atoms with E-state index >= 15 is 0 Å². The van der Waals surface area contributed by atoms with Crippen LogP contribution in [0.15, 0.2) is 47.4 Å². The minimum atomic E-state index is -3.94. The first-order valence-corrected chi connectivity index (χ1v) is 10.6. The van der Waals surface area contributed by atoms with Crippen LogP contribution in [0, 0.1) is 5.82 Å². The molecule has 1 fully saturated rings. The average molecular weight is 422 g/mol. The van der Waals surface area contributed by atoms with Crippen molar-refractivity contribution in [2.75, 3.05) is 29.8 Å². The third-order valence-corrected chi connectivity index (χ3v) is 5.94. The van der Waals surface area contributed by atoms with Gasteiger partial charge < -0.3 is 14.4 Å². The van der Waals surface area contributed by atoms with E-state index in [1.165, 1.54) is 37.4 Å². The van der Waals surface area contributed by atoms with Crippen molar-refractivity contribution in [3.63, 3.8) is 0 Å². The summed E-state index contributed by atoms with van der Waals surface area (Å²) in [6.45, 7) is 4.96. The van der Waals surface area contributed by atoms with Gasteiger partial charge in [0.15, 0.2) is 0 Å². The van der Waals surface area contributed by atoms with E-state index in [0.29, 0.717) is 18.8 Å². The Hall–Kier alpha value is -2.65. The lowest BCUT2D eigenvalue weighted by atomic mass is 10.2. The number of rotatable bonds is 5. The number of hydrogen-bond acceptors (Lipinski definition) is 6. The van der Waals surface area contributed by atoms with Gasteiger partial charge in [-0.15, -0.1) is 0 Å². The Bertz CT molecular complexity index is 984. The second kappa shape index (κ2) is 8.38. The normalized spacial score (nSPS) is 19.7. The summed E-state index contributed by atoms with van der Waals surface area (Å²) in [6.07, 6.45) is -0.0476. The summed E-state index contributed by atoms with van der Waals surface area (Å²) < 4.78 is 52.4. The number of nitrogens with one attached hydrogen (secondary N) is 1. The van der Waals surface area contributed by atoms with Crippen molar-refractivity contribution in [3.8, 4) is 0 Å². The molecule has 3 rings (SSSR count). The number of benzene rings is 2. The van der Waals surface area contributed by atoms with Gasteiger partial charge in [0.1, 0.15) is 5.82 Å². The van der Waals surface area contributed by atoms with Crippen molar-refractivity contribution in [1.82, 2.24) is 0 Å². The van der Waals surface area contributed by atoms with Gasteiger partial charge in [-0.25, -0.2) is 17.6 Å². The van der Waals surface area contributed by atoms with Gasteiger partial charge in [-0.3, -0.25) is 4.72 Å². The Labute approximate surface area is 169 Å². The van der Waals surface area contributed by atoms with Crippen LogP contribution in [-0.2, 0) is 19.5 Å². The molecule has 0 saturated carbocycles. The fourth-order valence-electron chi connectivity index (χ4n) is 3.30. The third-order valence-electron chi connectivity index (χ3n) is 4.55. The standard InChI is InChI=1S/C20H23FN2O5S/c1-13-11-23(12-14(2)28-13)19-9-6-16(10-18(19)21)22-29(25,26)17-7-4-15(5-8-17)20(24)27-3/h4-10,13-14,22H,11-12H2,1-3H3. The number of ether oxygens (including phenoxy) is 2. The van der Waals surface area contributed by atoms with Crippen molar-refractivity contribution in [3.05, 3.63) is 53.8 Å². The monoisotopic (exact) mass is 422 g/mol. The van der Waals surface area contributed by atoms with E-state index in [1.807, 2.05) is 18.7 Å². The Morgan fingerprint density at radius 3 is 2.31 bits per heavy atom. The van der Waals surface area contributed by atoms with Crippen LogP contribution in [0.1, 0.15) is 24.2 Å². The molecule has 0 amide bonds. The molecule has 0 aliphatic carbocycles. The topological polar surface area (TPSA) is 84.9 Å². The first kappa shape index (κ1) is 21.1. The van der Waals surface area contributed by atoms with Crippen LogP contribution in [0.5, 0.6) is 0 Å². The number of nitrogens with zero attached hydrogens (tertiary/aromatic N) is 1. The maximum Gasteiger partial charge on any atom is 0.337 e. The molecule has 0 spiro atoms. The third kappa shape index (κ3) is 4.86. The number of hydrogen-bond donors (Lipinski definition) is 1. The van der Waals surface area contributed by atoms with E-state index in [9.17, 15) is 17.6 Å². The summed E-state index contributed by atoms with van der Waals surface area (Å²) in [5, 5.41) is 0. The molecular formula is C20H23FN2O5S. The summed E-state index contributed by atoms with van der Waals surface area (Å²) in [7, 11) is -2.70. The van der Waals surface area contributed by atoms with E-state index in [0.717, 1.165) is 6.07 Å². The fraction of sp³-hybridized carbons (Fsp3) is 0.350. The summed E-state index contributed by atoms with van der Waals surface area (Å²) in [5.41, 5.74) is 0.742. The highest BCUT2D eigenvalue weighted by Gasteiger charge is 2.24. The second-order valence-electron chi connectivity index (χ2n) is 6.95. The van der Waals surface area contributed by atoms with E-state index in [4.69, 9.17) is 4.74 Å². The zero-order chi connectivity index (χ0) is 21.2. The Morgan fingerprint density at radius 2 is 1.76 bits per heavy atom. The van der Waals surface area contributed by atoms with Crippen molar-refractivity contribution in [2.24, 2.45) is 0 Å². The smallest absolute Gasteiger partial charge is 0.337 e. The lowest BCUT2D eigenvalue weighted by Gasteiger charge is -2.37. The quantitative estimate of drug-likeness (QED) is 0.746. The average Bonchev–Trinajstić information content (AvgIpc) is 2.66. The first-order valence-electron chi connectivity index (χ1n) is 9.11. The molecule has 156 valence electrons. The number of halogens is 1.